The molecule has 0 unspecified atom stereocenters. The third kappa shape index (κ3) is 6.39. The summed E-state index contributed by atoms with van der Waals surface area (Å²) in [7, 11) is -3.75. The third-order valence-electron chi connectivity index (χ3n) is 5.80. The van der Waals surface area contributed by atoms with Gasteiger partial charge in [-0.05, 0) is 62.7 Å². The first-order valence-corrected chi connectivity index (χ1v) is 12.8. The van der Waals surface area contributed by atoms with Gasteiger partial charge in [0, 0.05) is 30.8 Å². The molecule has 2 aliphatic heterocycles. The monoisotopic (exact) mass is 484 g/mol. The van der Waals surface area contributed by atoms with Crippen molar-refractivity contribution >= 4 is 39.2 Å². The summed E-state index contributed by atoms with van der Waals surface area (Å²) in [5.41, 5.74) is 0.408. The third-order valence-corrected chi connectivity index (χ3v) is 7.18. The van der Waals surface area contributed by atoms with Crippen molar-refractivity contribution in [1.82, 2.24) is 14.6 Å². The molecule has 0 saturated carbocycles. The molecule has 2 aliphatic rings. The second-order valence-electron chi connectivity index (χ2n) is 8.37. The maximum atomic E-state index is 12.6. The number of pyridine rings is 1. The van der Waals surface area contributed by atoms with Crippen molar-refractivity contribution in [3.63, 3.8) is 0 Å². The molecule has 0 spiro atoms. The van der Waals surface area contributed by atoms with Crippen LogP contribution < -0.4 is 15.4 Å². The van der Waals surface area contributed by atoms with Gasteiger partial charge in [-0.25, -0.2) is 13.4 Å². The lowest BCUT2D eigenvalue weighted by Crippen LogP contribution is -2.41. The predicted molar refractivity (Wildman–Crippen MR) is 129 cm³/mol. The second-order valence-corrected chi connectivity index (χ2v) is 10.1. The van der Waals surface area contributed by atoms with E-state index in [0.29, 0.717) is 56.2 Å². The molecule has 1 fully saturated rings. The summed E-state index contributed by atoms with van der Waals surface area (Å²) in [6.07, 6.45) is 4.37. The number of carbonyl (C=O) groups is 2. The Hall–Kier alpha value is -3.31. The van der Waals surface area contributed by atoms with Crippen molar-refractivity contribution in [2.24, 2.45) is 10.9 Å². The highest BCUT2D eigenvalue weighted by molar-refractivity contribution is 7.90. The van der Waals surface area contributed by atoms with Crippen LogP contribution in [0.5, 0.6) is 0 Å². The summed E-state index contributed by atoms with van der Waals surface area (Å²) in [4.78, 5) is 35.3. The van der Waals surface area contributed by atoms with Crippen molar-refractivity contribution in [2.45, 2.75) is 30.6 Å². The van der Waals surface area contributed by atoms with Gasteiger partial charge in [-0.3, -0.25) is 24.2 Å². The Balaban J connectivity index is 1.26. The minimum absolute atomic E-state index is 0.0574. The quantitative estimate of drug-likeness (QED) is 0.549. The summed E-state index contributed by atoms with van der Waals surface area (Å²) in [5, 5.41) is 5.60. The van der Waals surface area contributed by atoms with Crippen LogP contribution in [-0.4, -0.2) is 62.1 Å². The van der Waals surface area contributed by atoms with Gasteiger partial charge in [0.25, 0.3) is 10.0 Å². The van der Waals surface area contributed by atoms with Crippen molar-refractivity contribution in [3.05, 3.63) is 48.7 Å². The molecule has 0 atom stereocenters. The topological polar surface area (TPSA) is 133 Å². The van der Waals surface area contributed by atoms with Gasteiger partial charge in [-0.15, -0.1) is 0 Å². The average Bonchev–Trinajstić information content (AvgIpc) is 3.32. The molecule has 1 saturated heterocycles. The molecule has 10 nitrogen and oxygen atoms in total. The molecule has 0 aliphatic carbocycles. The van der Waals surface area contributed by atoms with Gasteiger partial charge < -0.3 is 10.6 Å². The first kappa shape index (κ1) is 23.8. The van der Waals surface area contributed by atoms with Crippen molar-refractivity contribution in [2.75, 3.05) is 36.8 Å². The number of piperidine rings is 1. The van der Waals surface area contributed by atoms with Crippen LogP contribution in [0.25, 0.3) is 0 Å². The summed E-state index contributed by atoms with van der Waals surface area (Å²) >= 11 is 0. The highest BCUT2D eigenvalue weighted by Gasteiger charge is 2.26. The summed E-state index contributed by atoms with van der Waals surface area (Å²) in [6, 6.07) is 11.5. The Morgan fingerprint density at radius 1 is 1.06 bits per heavy atom. The number of hydrogen-bond donors (Lipinski definition) is 3. The molecule has 180 valence electrons. The summed E-state index contributed by atoms with van der Waals surface area (Å²) < 4.78 is 27.7. The molecule has 34 heavy (non-hydrogen) atoms. The number of anilines is 2. The van der Waals surface area contributed by atoms with E-state index in [4.69, 9.17) is 0 Å². The first-order chi connectivity index (χ1) is 16.4. The van der Waals surface area contributed by atoms with Crippen LogP contribution in [0.3, 0.4) is 0 Å². The number of nitrogens with zero attached hydrogens (tertiary/aromatic N) is 3. The smallest absolute Gasteiger partial charge is 0.262 e. The van der Waals surface area contributed by atoms with Gasteiger partial charge in [0.2, 0.25) is 11.8 Å². The van der Waals surface area contributed by atoms with E-state index in [2.05, 4.69) is 25.3 Å². The van der Waals surface area contributed by atoms with Gasteiger partial charge in [-0.2, -0.15) is 0 Å². The van der Waals surface area contributed by atoms with Crippen molar-refractivity contribution in [3.8, 4) is 0 Å². The molecule has 1 aromatic heterocycles. The Morgan fingerprint density at radius 2 is 1.88 bits per heavy atom. The minimum Gasteiger partial charge on any atom is -0.325 e. The molecule has 0 bridgehead atoms. The number of amidine groups is 1. The van der Waals surface area contributed by atoms with Gasteiger partial charge in [-0.1, -0.05) is 12.1 Å². The highest BCUT2D eigenvalue weighted by atomic mass is 32.2. The van der Waals surface area contributed by atoms with Gasteiger partial charge >= 0.3 is 0 Å². The number of sulfonamides is 1. The molecule has 2 aromatic rings. The molecule has 11 heteroatoms. The maximum Gasteiger partial charge on any atom is 0.262 e. The molecule has 3 heterocycles. The van der Waals surface area contributed by atoms with Crippen LogP contribution in [0, 0.1) is 5.92 Å². The number of hydrogen-bond acceptors (Lipinski definition) is 7. The first-order valence-electron chi connectivity index (χ1n) is 11.3. The van der Waals surface area contributed by atoms with E-state index in [1.807, 2.05) is 11.0 Å². The van der Waals surface area contributed by atoms with Crippen LogP contribution in [0.1, 0.15) is 25.7 Å². The number of amides is 2. The largest absolute Gasteiger partial charge is 0.325 e. The van der Waals surface area contributed by atoms with E-state index in [-0.39, 0.29) is 29.2 Å². The SMILES string of the molecule is O=C(CN1CCC(C(=O)Nc2ccccn2)CC1)Nc1cccc(S(=O)(=O)NC2=NCCC2)c1. The molecular formula is C23H28N6O4S. The second kappa shape index (κ2) is 10.7. The normalized spacial score (nSPS) is 17.1. The Labute approximate surface area is 198 Å². The molecule has 4 rings (SSSR count). The van der Waals surface area contributed by atoms with Gasteiger partial charge in [0.1, 0.15) is 11.7 Å². The van der Waals surface area contributed by atoms with Crippen LogP contribution in [0.15, 0.2) is 58.5 Å². The number of benzene rings is 1. The molecule has 0 radical (unpaired) electrons. The van der Waals surface area contributed by atoms with Crippen LogP contribution in [0.2, 0.25) is 0 Å². The van der Waals surface area contributed by atoms with Gasteiger partial charge in [0.05, 0.1) is 11.4 Å². The molecular weight excluding hydrogens is 456 g/mol. The van der Waals surface area contributed by atoms with E-state index in [1.54, 1.807) is 30.5 Å². The van der Waals surface area contributed by atoms with Crippen LogP contribution in [0.4, 0.5) is 11.5 Å². The predicted octanol–water partition coefficient (Wildman–Crippen LogP) is 1.84. The van der Waals surface area contributed by atoms with Crippen LogP contribution in [-0.2, 0) is 19.6 Å². The molecule has 1 aromatic carbocycles. The van der Waals surface area contributed by atoms with E-state index < -0.39 is 10.0 Å². The van der Waals surface area contributed by atoms with Gasteiger partial charge in [0.15, 0.2) is 0 Å². The lowest BCUT2D eigenvalue weighted by atomic mass is 9.96. The van der Waals surface area contributed by atoms with E-state index in [1.165, 1.54) is 12.1 Å². The fourth-order valence-corrected chi connectivity index (χ4v) is 5.13. The Bertz CT molecular complexity index is 1160. The standard InChI is InChI=1S/C23H28N6O4S/c30-22(16-29-13-9-17(10-14-29)23(31)27-20-7-1-2-11-24-20)26-18-5-3-6-19(15-18)34(32,33)28-21-8-4-12-25-21/h1-3,5-7,11,15,17H,4,8-10,12-14,16H2,(H,25,28)(H,26,30)(H,24,27,31). The van der Waals surface area contributed by atoms with Crippen molar-refractivity contribution in [1.29, 1.82) is 0 Å². The van der Waals surface area contributed by atoms with Crippen LogP contribution >= 0.6 is 0 Å². The number of aromatic nitrogens is 1. The molecule has 2 amide bonds. The fraction of sp³-hybridized carbons (Fsp3) is 0.391. The average molecular weight is 485 g/mol. The summed E-state index contributed by atoms with van der Waals surface area (Å²) in [6.45, 7) is 2.03. The van der Waals surface area contributed by atoms with E-state index in [9.17, 15) is 18.0 Å². The van der Waals surface area contributed by atoms with Crippen molar-refractivity contribution < 1.29 is 18.0 Å². The highest BCUT2D eigenvalue weighted by Crippen LogP contribution is 2.20. The lowest BCUT2D eigenvalue weighted by Gasteiger charge is -2.30. The zero-order valence-corrected chi connectivity index (χ0v) is 19.6. The number of aliphatic imine (C=N–C) groups is 1. The lowest BCUT2D eigenvalue weighted by molar-refractivity contribution is -0.121. The minimum atomic E-state index is -3.75. The fourth-order valence-electron chi connectivity index (χ4n) is 4.00. The Morgan fingerprint density at radius 3 is 2.59 bits per heavy atom. The number of nitrogens with one attached hydrogen (secondary N) is 3. The maximum absolute atomic E-state index is 12.6. The zero-order chi connectivity index (χ0) is 24.0. The zero-order valence-electron chi connectivity index (χ0n) is 18.7. The van der Waals surface area contributed by atoms with E-state index in [0.717, 1.165) is 6.42 Å². The molecule has 3 N–H and O–H groups in total. The number of carbonyl (C=O) groups excluding carboxylic acids is 2. The van der Waals surface area contributed by atoms with E-state index >= 15 is 0 Å². The Kier molecular flexibility index (Phi) is 7.53. The summed E-state index contributed by atoms with van der Waals surface area (Å²) in [5.74, 6) is 0.578. The number of rotatable bonds is 7. The number of likely N-dealkylation sites (tertiary alicyclic amines) is 1.